The zero-order chi connectivity index (χ0) is 15.0. The summed E-state index contributed by atoms with van der Waals surface area (Å²) in [7, 11) is -3.49. The number of halogens is 1. The van der Waals surface area contributed by atoms with Crippen molar-refractivity contribution in [2.75, 3.05) is 5.73 Å². The molecular formula is C14H12BrN3O2S. The van der Waals surface area contributed by atoms with Gasteiger partial charge in [-0.3, -0.25) is 0 Å². The molecule has 0 saturated heterocycles. The van der Waals surface area contributed by atoms with Crippen molar-refractivity contribution in [1.29, 1.82) is 0 Å². The van der Waals surface area contributed by atoms with Crippen LogP contribution in [-0.4, -0.2) is 17.8 Å². The third-order valence-corrected chi connectivity index (χ3v) is 5.66. The quantitative estimate of drug-likeness (QED) is 0.723. The van der Waals surface area contributed by atoms with Gasteiger partial charge < -0.3 is 10.1 Å². The standard InChI is InChI=1S/C14H12BrN3O2S/c15-12-7-10(16)4-5-13(12)21(19,20)9-11-8-18-6-2-1-3-14(18)17-11/h1-8H,9,16H2. The molecule has 0 unspecified atom stereocenters. The Labute approximate surface area is 130 Å². The number of anilines is 1. The van der Waals surface area contributed by atoms with Crippen molar-refractivity contribution in [3.05, 3.63) is 59.0 Å². The number of hydrogen-bond donors (Lipinski definition) is 1. The number of fused-ring (bicyclic) bond motifs is 1. The molecule has 7 heteroatoms. The van der Waals surface area contributed by atoms with Crippen LogP contribution in [0, 0.1) is 0 Å². The molecule has 0 aliphatic heterocycles. The summed E-state index contributed by atoms with van der Waals surface area (Å²) in [5, 5.41) is 0. The van der Waals surface area contributed by atoms with E-state index in [1.54, 1.807) is 22.7 Å². The number of pyridine rings is 1. The normalized spacial score (nSPS) is 11.9. The van der Waals surface area contributed by atoms with Crippen molar-refractivity contribution < 1.29 is 8.42 Å². The van der Waals surface area contributed by atoms with E-state index in [2.05, 4.69) is 20.9 Å². The van der Waals surface area contributed by atoms with Crippen LogP contribution >= 0.6 is 15.9 Å². The summed E-state index contributed by atoms with van der Waals surface area (Å²) in [5.41, 5.74) is 7.37. The minimum atomic E-state index is -3.49. The molecule has 108 valence electrons. The molecule has 0 atom stereocenters. The van der Waals surface area contributed by atoms with Gasteiger partial charge in [0.1, 0.15) is 5.65 Å². The lowest BCUT2D eigenvalue weighted by Crippen LogP contribution is -2.06. The average molecular weight is 366 g/mol. The van der Waals surface area contributed by atoms with Gasteiger partial charge in [-0.15, -0.1) is 0 Å². The van der Waals surface area contributed by atoms with Crippen molar-refractivity contribution in [2.24, 2.45) is 0 Å². The molecule has 0 saturated carbocycles. The lowest BCUT2D eigenvalue weighted by Gasteiger charge is -2.06. The Morgan fingerprint density at radius 3 is 2.76 bits per heavy atom. The van der Waals surface area contributed by atoms with E-state index in [0.717, 1.165) is 5.65 Å². The molecule has 0 spiro atoms. The topological polar surface area (TPSA) is 77.5 Å². The molecule has 1 aromatic carbocycles. The summed E-state index contributed by atoms with van der Waals surface area (Å²) in [6.07, 6.45) is 3.55. The maximum absolute atomic E-state index is 12.5. The van der Waals surface area contributed by atoms with Crippen LogP contribution in [0.2, 0.25) is 0 Å². The van der Waals surface area contributed by atoms with E-state index in [1.807, 2.05) is 24.4 Å². The van der Waals surface area contributed by atoms with Crippen LogP contribution < -0.4 is 5.73 Å². The predicted molar refractivity (Wildman–Crippen MR) is 84.6 cm³/mol. The predicted octanol–water partition coefficient (Wildman–Crippen LogP) is 2.65. The van der Waals surface area contributed by atoms with Crippen LogP contribution in [0.25, 0.3) is 5.65 Å². The van der Waals surface area contributed by atoms with E-state index in [1.165, 1.54) is 6.07 Å². The monoisotopic (exact) mass is 365 g/mol. The summed E-state index contributed by atoms with van der Waals surface area (Å²) < 4.78 is 27.2. The van der Waals surface area contributed by atoms with Gasteiger partial charge in [0, 0.05) is 22.6 Å². The minimum absolute atomic E-state index is 0.156. The van der Waals surface area contributed by atoms with Gasteiger partial charge in [-0.1, -0.05) is 6.07 Å². The first-order valence-electron chi connectivity index (χ1n) is 6.16. The number of aromatic nitrogens is 2. The maximum Gasteiger partial charge on any atom is 0.185 e. The Morgan fingerprint density at radius 2 is 2.05 bits per heavy atom. The first kappa shape index (κ1) is 14.1. The molecule has 2 heterocycles. The van der Waals surface area contributed by atoms with Crippen molar-refractivity contribution in [3.63, 3.8) is 0 Å². The third kappa shape index (κ3) is 2.79. The highest BCUT2D eigenvalue weighted by molar-refractivity contribution is 9.10. The fraction of sp³-hybridized carbons (Fsp3) is 0.0714. The Morgan fingerprint density at radius 1 is 1.24 bits per heavy atom. The van der Waals surface area contributed by atoms with Crippen LogP contribution in [-0.2, 0) is 15.6 Å². The van der Waals surface area contributed by atoms with Gasteiger partial charge in [-0.05, 0) is 46.3 Å². The third-order valence-electron chi connectivity index (χ3n) is 3.04. The van der Waals surface area contributed by atoms with E-state index in [0.29, 0.717) is 15.9 Å². The van der Waals surface area contributed by atoms with Crippen molar-refractivity contribution in [2.45, 2.75) is 10.6 Å². The highest BCUT2D eigenvalue weighted by Gasteiger charge is 2.20. The van der Waals surface area contributed by atoms with Crippen LogP contribution in [0.1, 0.15) is 5.69 Å². The zero-order valence-electron chi connectivity index (χ0n) is 10.9. The summed E-state index contributed by atoms with van der Waals surface area (Å²) >= 11 is 3.25. The smallest absolute Gasteiger partial charge is 0.185 e. The van der Waals surface area contributed by atoms with E-state index >= 15 is 0 Å². The Balaban J connectivity index is 1.99. The van der Waals surface area contributed by atoms with Crippen LogP contribution in [0.3, 0.4) is 0 Å². The zero-order valence-corrected chi connectivity index (χ0v) is 13.3. The fourth-order valence-electron chi connectivity index (χ4n) is 2.10. The molecule has 21 heavy (non-hydrogen) atoms. The van der Waals surface area contributed by atoms with Crippen molar-refractivity contribution >= 4 is 37.1 Å². The Kier molecular flexibility index (Phi) is 3.46. The second-order valence-electron chi connectivity index (χ2n) is 4.65. The van der Waals surface area contributed by atoms with Crippen LogP contribution in [0.4, 0.5) is 5.69 Å². The first-order valence-corrected chi connectivity index (χ1v) is 8.61. The molecule has 0 aliphatic rings. The number of rotatable bonds is 3. The summed E-state index contributed by atoms with van der Waals surface area (Å²) in [6, 6.07) is 10.2. The van der Waals surface area contributed by atoms with Crippen LogP contribution in [0.5, 0.6) is 0 Å². The largest absolute Gasteiger partial charge is 0.399 e. The molecule has 2 aromatic heterocycles. The Hall–Kier alpha value is -1.86. The summed E-state index contributed by atoms with van der Waals surface area (Å²) in [5.74, 6) is -0.156. The van der Waals surface area contributed by atoms with Gasteiger partial charge >= 0.3 is 0 Å². The SMILES string of the molecule is Nc1ccc(S(=O)(=O)Cc2cn3ccccc3n2)c(Br)c1. The van der Waals surface area contributed by atoms with E-state index in [4.69, 9.17) is 5.73 Å². The van der Waals surface area contributed by atoms with Crippen LogP contribution in [0.15, 0.2) is 58.2 Å². The van der Waals surface area contributed by atoms with Gasteiger partial charge in [-0.25, -0.2) is 13.4 Å². The Bertz CT molecular complexity index is 886. The second kappa shape index (κ2) is 5.16. The van der Waals surface area contributed by atoms with Crippen molar-refractivity contribution in [3.8, 4) is 0 Å². The number of sulfone groups is 1. The highest BCUT2D eigenvalue weighted by Crippen LogP contribution is 2.27. The van der Waals surface area contributed by atoms with E-state index < -0.39 is 9.84 Å². The fourth-order valence-corrected chi connectivity index (χ4v) is 4.55. The number of nitrogen functional groups attached to an aromatic ring is 1. The van der Waals surface area contributed by atoms with Crippen molar-refractivity contribution in [1.82, 2.24) is 9.38 Å². The van der Waals surface area contributed by atoms with Gasteiger partial charge in [-0.2, -0.15) is 0 Å². The number of imidazole rings is 1. The number of hydrogen-bond acceptors (Lipinski definition) is 4. The molecular weight excluding hydrogens is 354 g/mol. The molecule has 2 N–H and O–H groups in total. The van der Waals surface area contributed by atoms with Gasteiger partial charge in [0.2, 0.25) is 0 Å². The maximum atomic E-state index is 12.5. The molecule has 0 amide bonds. The molecule has 3 aromatic rings. The molecule has 0 radical (unpaired) electrons. The molecule has 5 nitrogen and oxygen atoms in total. The average Bonchev–Trinajstić information content (AvgIpc) is 2.79. The number of nitrogens with zero attached hydrogens (tertiary/aromatic N) is 2. The molecule has 3 rings (SSSR count). The van der Waals surface area contributed by atoms with Gasteiger partial charge in [0.15, 0.2) is 9.84 Å². The van der Waals surface area contributed by atoms with Gasteiger partial charge in [0.25, 0.3) is 0 Å². The number of nitrogens with two attached hydrogens (primary N) is 1. The molecule has 0 aliphatic carbocycles. The minimum Gasteiger partial charge on any atom is -0.399 e. The number of benzene rings is 1. The van der Waals surface area contributed by atoms with E-state index in [9.17, 15) is 8.42 Å². The van der Waals surface area contributed by atoms with Gasteiger partial charge in [0.05, 0.1) is 16.3 Å². The lowest BCUT2D eigenvalue weighted by atomic mass is 10.3. The second-order valence-corrected chi connectivity index (χ2v) is 7.46. The van der Waals surface area contributed by atoms with E-state index in [-0.39, 0.29) is 10.6 Å². The first-order chi connectivity index (χ1) is 9.95. The molecule has 0 bridgehead atoms. The summed E-state index contributed by atoms with van der Waals surface area (Å²) in [6.45, 7) is 0. The molecule has 0 fully saturated rings. The highest BCUT2D eigenvalue weighted by atomic mass is 79.9. The lowest BCUT2D eigenvalue weighted by molar-refractivity contribution is 0.594. The summed E-state index contributed by atoms with van der Waals surface area (Å²) in [4.78, 5) is 4.53.